The van der Waals surface area contributed by atoms with Crippen LogP contribution in [-0.4, -0.2) is 11.8 Å². The fraction of sp³-hybridized carbons (Fsp3) is 0.400. The lowest BCUT2D eigenvalue weighted by Gasteiger charge is -2.10. The number of aliphatic hydroxyl groups is 1. The van der Waals surface area contributed by atoms with Crippen molar-refractivity contribution in [3.63, 3.8) is 0 Å². The van der Waals surface area contributed by atoms with Crippen molar-refractivity contribution in [1.29, 1.82) is 0 Å². The van der Waals surface area contributed by atoms with Gasteiger partial charge in [-0.25, -0.2) is 4.39 Å². The van der Waals surface area contributed by atoms with Crippen LogP contribution < -0.4 is 0 Å². The van der Waals surface area contributed by atoms with Crippen LogP contribution in [0.1, 0.15) is 22.8 Å². The largest absolute Gasteiger partial charge is 0.386 e. The number of aliphatic hydroxyl groups excluding tert-OH is 1. The fourth-order valence-corrected chi connectivity index (χ4v) is 1.20. The Morgan fingerprint density at radius 1 is 1.42 bits per heavy atom. The highest BCUT2D eigenvalue weighted by Crippen LogP contribution is 2.19. The summed E-state index contributed by atoms with van der Waals surface area (Å²) in [7, 11) is 0. The number of hydrogen-bond acceptors (Lipinski definition) is 1. The van der Waals surface area contributed by atoms with Crippen LogP contribution in [0.25, 0.3) is 0 Å². The SMILES string of the molecule is Cc1ccc(C)c(C(O)CF)c1. The zero-order valence-electron chi connectivity index (χ0n) is 7.34. The van der Waals surface area contributed by atoms with E-state index < -0.39 is 12.8 Å². The maximum absolute atomic E-state index is 12.1. The van der Waals surface area contributed by atoms with E-state index in [4.69, 9.17) is 0 Å². The maximum Gasteiger partial charge on any atom is 0.119 e. The van der Waals surface area contributed by atoms with Gasteiger partial charge in [0.15, 0.2) is 0 Å². The lowest BCUT2D eigenvalue weighted by Crippen LogP contribution is -2.01. The minimum atomic E-state index is -0.968. The van der Waals surface area contributed by atoms with Crippen LogP contribution in [-0.2, 0) is 0 Å². The number of rotatable bonds is 2. The molecule has 0 bridgehead atoms. The standard InChI is InChI=1S/C10H13FO/c1-7-3-4-8(2)9(5-7)10(12)6-11/h3-5,10,12H,6H2,1-2H3. The minimum absolute atomic E-state index is 0.692. The lowest BCUT2D eigenvalue weighted by atomic mass is 10.0. The van der Waals surface area contributed by atoms with E-state index in [-0.39, 0.29) is 0 Å². The topological polar surface area (TPSA) is 20.2 Å². The van der Waals surface area contributed by atoms with E-state index in [2.05, 4.69) is 0 Å². The van der Waals surface area contributed by atoms with Gasteiger partial charge in [0.25, 0.3) is 0 Å². The van der Waals surface area contributed by atoms with Crippen molar-refractivity contribution in [3.8, 4) is 0 Å². The Hall–Kier alpha value is -0.890. The smallest absolute Gasteiger partial charge is 0.119 e. The van der Waals surface area contributed by atoms with Crippen molar-refractivity contribution >= 4 is 0 Å². The summed E-state index contributed by atoms with van der Waals surface area (Å²) in [6.45, 7) is 3.08. The second kappa shape index (κ2) is 3.68. The van der Waals surface area contributed by atoms with Gasteiger partial charge in [0.1, 0.15) is 12.8 Å². The molecule has 12 heavy (non-hydrogen) atoms. The Bertz CT molecular complexity index is 271. The number of benzene rings is 1. The van der Waals surface area contributed by atoms with Crippen LogP contribution in [0, 0.1) is 13.8 Å². The molecular formula is C10H13FO. The van der Waals surface area contributed by atoms with Gasteiger partial charge < -0.3 is 5.11 Å². The Kier molecular flexibility index (Phi) is 2.82. The third-order valence-corrected chi connectivity index (χ3v) is 1.94. The molecule has 1 aromatic rings. The van der Waals surface area contributed by atoms with E-state index in [0.717, 1.165) is 11.1 Å². The first-order chi connectivity index (χ1) is 5.65. The fourth-order valence-electron chi connectivity index (χ4n) is 1.20. The summed E-state index contributed by atoms with van der Waals surface area (Å²) in [5.74, 6) is 0. The first-order valence-electron chi connectivity index (χ1n) is 3.96. The summed E-state index contributed by atoms with van der Waals surface area (Å²) in [4.78, 5) is 0. The van der Waals surface area contributed by atoms with Gasteiger partial charge in [-0.2, -0.15) is 0 Å². The Morgan fingerprint density at radius 2 is 2.08 bits per heavy atom. The van der Waals surface area contributed by atoms with Gasteiger partial charge in [-0.1, -0.05) is 23.8 Å². The van der Waals surface area contributed by atoms with Crippen molar-refractivity contribution in [1.82, 2.24) is 0 Å². The van der Waals surface area contributed by atoms with Crippen LogP contribution in [0.5, 0.6) is 0 Å². The number of alkyl halides is 1. The molecule has 0 saturated heterocycles. The van der Waals surface area contributed by atoms with E-state index >= 15 is 0 Å². The molecule has 0 spiro atoms. The molecule has 0 aromatic heterocycles. The maximum atomic E-state index is 12.1. The predicted molar refractivity (Wildman–Crippen MR) is 46.9 cm³/mol. The molecular weight excluding hydrogens is 155 g/mol. The molecule has 0 aliphatic carbocycles. The second-order valence-electron chi connectivity index (χ2n) is 3.03. The molecule has 0 amide bonds. The van der Waals surface area contributed by atoms with Crippen molar-refractivity contribution in [2.24, 2.45) is 0 Å². The zero-order chi connectivity index (χ0) is 9.14. The lowest BCUT2D eigenvalue weighted by molar-refractivity contribution is 0.141. The Labute approximate surface area is 71.9 Å². The molecule has 66 valence electrons. The van der Waals surface area contributed by atoms with Crippen LogP contribution in [0.4, 0.5) is 4.39 Å². The zero-order valence-corrected chi connectivity index (χ0v) is 7.34. The van der Waals surface area contributed by atoms with Crippen LogP contribution >= 0.6 is 0 Å². The van der Waals surface area contributed by atoms with Crippen molar-refractivity contribution in [2.45, 2.75) is 20.0 Å². The molecule has 1 nitrogen and oxygen atoms in total. The van der Waals surface area contributed by atoms with E-state index in [9.17, 15) is 9.50 Å². The minimum Gasteiger partial charge on any atom is -0.386 e. The van der Waals surface area contributed by atoms with Gasteiger partial charge >= 0.3 is 0 Å². The molecule has 0 saturated carbocycles. The highest BCUT2D eigenvalue weighted by molar-refractivity contribution is 5.32. The van der Waals surface area contributed by atoms with E-state index in [1.54, 1.807) is 0 Å². The average Bonchev–Trinajstić information content (AvgIpc) is 2.08. The number of aryl methyl sites for hydroxylation is 2. The molecule has 1 atom stereocenters. The summed E-state index contributed by atoms with van der Waals surface area (Å²) >= 11 is 0. The quantitative estimate of drug-likeness (QED) is 0.718. The summed E-state index contributed by atoms with van der Waals surface area (Å²) < 4.78 is 12.1. The number of halogens is 1. The molecule has 2 heteroatoms. The van der Waals surface area contributed by atoms with E-state index in [1.807, 2.05) is 32.0 Å². The average molecular weight is 168 g/mol. The molecule has 1 rings (SSSR count). The Morgan fingerprint density at radius 3 is 2.67 bits per heavy atom. The van der Waals surface area contributed by atoms with Gasteiger partial charge in [-0.15, -0.1) is 0 Å². The van der Waals surface area contributed by atoms with Crippen LogP contribution in [0.15, 0.2) is 18.2 Å². The first kappa shape index (κ1) is 9.20. The molecule has 0 heterocycles. The molecule has 1 unspecified atom stereocenters. The van der Waals surface area contributed by atoms with E-state index in [0.29, 0.717) is 5.56 Å². The van der Waals surface area contributed by atoms with Crippen LogP contribution in [0.2, 0.25) is 0 Å². The normalized spacial score (nSPS) is 13.0. The predicted octanol–water partition coefficient (Wildman–Crippen LogP) is 2.31. The van der Waals surface area contributed by atoms with Crippen LogP contribution in [0.3, 0.4) is 0 Å². The van der Waals surface area contributed by atoms with Crippen molar-refractivity contribution < 1.29 is 9.50 Å². The van der Waals surface area contributed by atoms with Gasteiger partial charge in [-0.3, -0.25) is 0 Å². The van der Waals surface area contributed by atoms with Gasteiger partial charge in [0, 0.05) is 0 Å². The molecule has 0 fully saturated rings. The summed E-state index contributed by atoms with van der Waals surface area (Å²) in [5, 5.41) is 9.26. The van der Waals surface area contributed by atoms with Crippen molar-refractivity contribution in [3.05, 3.63) is 34.9 Å². The monoisotopic (exact) mass is 168 g/mol. The molecule has 1 aromatic carbocycles. The second-order valence-corrected chi connectivity index (χ2v) is 3.03. The van der Waals surface area contributed by atoms with Crippen molar-refractivity contribution in [2.75, 3.05) is 6.67 Å². The Balaban J connectivity index is 3.04. The third kappa shape index (κ3) is 1.83. The molecule has 0 aliphatic rings. The molecule has 0 radical (unpaired) electrons. The summed E-state index contributed by atoms with van der Waals surface area (Å²) in [6.07, 6.45) is -0.968. The molecule has 0 aliphatic heterocycles. The van der Waals surface area contributed by atoms with E-state index in [1.165, 1.54) is 0 Å². The van der Waals surface area contributed by atoms with Gasteiger partial charge in [0.2, 0.25) is 0 Å². The summed E-state index contributed by atoms with van der Waals surface area (Å²) in [6, 6.07) is 5.66. The van der Waals surface area contributed by atoms with Gasteiger partial charge in [0.05, 0.1) is 0 Å². The highest BCUT2D eigenvalue weighted by atomic mass is 19.1. The summed E-state index contributed by atoms with van der Waals surface area (Å²) in [5.41, 5.74) is 2.67. The number of hydrogen-bond donors (Lipinski definition) is 1. The first-order valence-corrected chi connectivity index (χ1v) is 3.96. The molecule has 1 N–H and O–H groups in total. The highest BCUT2D eigenvalue weighted by Gasteiger charge is 2.09. The third-order valence-electron chi connectivity index (χ3n) is 1.94. The van der Waals surface area contributed by atoms with Gasteiger partial charge in [-0.05, 0) is 25.0 Å².